The Kier molecular flexibility index (Phi) is 5.32. The van der Waals surface area contributed by atoms with Gasteiger partial charge in [0, 0.05) is 21.1 Å². The predicted molar refractivity (Wildman–Crippen MR) is 105 cm³/mol. The largest absolute Gasteiger partial charge is 0.482 e. The number of aryl methyl sites for hydroxylation is 1. The highest BCUT2D eigenvalue weighted by atomic mass is 79.9. The van der Waals surface area contributed by atoms with Crippen molar-refractivity contribution in [3.63, 3.8) is 0 Å². The van der Waals surface area contributed by atoms with Gasteiger partial charge < -0.3 is 9.84 Å². The molecule has 0 aliphatic carbocycles. The Morgan fingerprint density at radius 2 is 1.92 bits per heavy atom. The Morgan fingerprint density at radius 3 is 2.60 bits per heavy atom. The third-order valence-corrected chi connectivity index (χ3v) is 5.23. The van der Waals surface area contributed by atoms with Gasteiger partial charge in [0.1, 0.15) is 5.75 Å². The van der Waals surface area contributed by atoms with Gasteiger partial charge in [-0.3, -0.25) is 9.36 Å². The van der Waals surface area contributed by atoms with E-state index in [1.54, 1.807) is 4.57 Å². The number of hydrogen-bond acceptors (Lipinski definition) is 3. The van der Waals surface area contributed by atoms with E-state index in [9.17, 15) is 9.90 Å². The zero-order valence-corrected chi connectivity index (χ0v) is 17.0. The highest BCUT2D eigenvalue weighted by Crippen LogP contribution is 2.32. The first-order valence-corrected chi connectivity index (χ1v) is 9.34. The van der Waals surface area contributed by atoms with Gasteiger partial charge in [-0.2, -0.15) is 0 Å². The van der Waals surface area contributed by atoms with E-state index in [1.807, 2.05) is 50.2 Å². The van der Waals surface area contributed by atoms with E-state index in [-0.39, 0.29) is 19.1 Å². The summed E-state index contributed by atoms with van der Waals surface area (Å²) < 4.78 is 9.13. The van der Waals surface area contributed by atoms with E-state index in [1.165, 1.54) is 0 Å². The van der Waals surface area contributed by atoms with E-state index in [0.717, 1.165) is 36.7 Å². The number of para-hydroxylation sites is 1. The lowest BCUT2D eigenvalue weighted by Gasteiger charge is -2.13. The number of rotatable bonds is 4. The Hall–Kier alpha value is -1.63. The maximum Gasteiger partial charge on any atom is 0.269 e. The van der Waals surface area contributed by atoms with Gasteiger partial charge in [-0.15, -0.1) is 0 Å². The van der Waals surface area contributed by atoms with Crippen molar-refractivity contribution in [2.24, 2.45) is 0 Å². The minimum Gasteiger partial charge on any atom is -0.482 e. The minimum atomic E-state index is -0.178. The zero-order chi connectivity index (χ0) is 18.1. The Morgan fingerprint density at radius 1 is 1.20 bits per heavy atom. The van der Waals surface area contributed by atoms with Crippen LogP contribution >= 0.6 is 31.9 Å². The molecule has 0 radical (unpaired) electrons. The number of aliphatic hydroxyl groups is 1. The number of carbonyl (C=O) groups excluding carboxylic acids is 1. The topological polar surface area (TPSA) is 51.5 Å². The van der Waals surface area contributed by atoms with Crippen LogP contribution in [0, 0.1) is 13.8 Å². The summed E-state index contributed by atoms with van der Waals surface area (Å²) in [5, 5.41) is 10.5. The van der Waals surface area contributed by atoms with Crippen molar-refractivity contribution in [3.8, 4) is 5.75 Å². The molecule has 3 aromatic rings. The quantitative estimate of drug-likeness (QED) is 0.588. The van der Waals surface area contributed by atoms with Gasteiger partial charge in [-0.25, -0.2) is 0 Å². The van der Waals surface area contributed by atoms with Crippen LogP contribution in [0.4, 0.5) is 0 Å². The minimum absolute atomic E-state index is 0.0918. The summed E-state index contributed by atoms with van der Waals surface area (Å²) in [6.45, 7) is 3.57. The van der Waals surface area contributed by atoms with Crippen LogP contribution < -0.4 is 4.74 Å². The molecule has 0 unspecified atom stereocenters. The van der Waals surface area contributed by atoms with Crippen molar-refractivity contribution in [3.05, 3.63) is 62.2 Å². The van der Waals surface area contributed by atoms with E-state index in [0.29, 0.717) is 5.75 Å². The van der Waals surface area contributed by atoms with Crippen molar-refractivity contribution in [1.82, 2.24) is 4.57 Å². The molecule has 0 spiro atoms. The fourth-order valence-electron chi connectivity index (χ4n) is 3.03. The molecule has 0 atom stereocenters. The second-order valence-electron chi connectivity index (χ2n) is 5.79. The fraction of sp³-hybridized carbons (Fsp3) is 0.211. The molecule has 2 aromatic carbocycles. The highest BCUT2D eigenvalue weighted by Gasteiger charge is 2.19. The number of nitrogens with zero attached hydrogens (tertiary/aromatic N) is 1. The molecular weight excluding hydrogens is 450 g/mol. The van der Waals surface area contributed by atoms with Gasteiger partial charge in [-0.1, -0.05) is 34.1 Å². The molecule has 130 valence electrons. The first kappa shape index (κ1) is 18.2. The Labute approximate surface area is 162 Å². The van der Waals surface area contributed by atoms with Gasteiger partial charge in [-0.05, 0) is 53.5 Å². The van der Waals surface area contributed by atoms with E-state index < -0.39 is 0 Å². The summed E-state index contributed by atoms with van der Waals surface area (Å²) in [7, 11) is 0. The monoisotopic (exact) mass is 465 g/mol. The fourth-order valence-corrected chi connectivity index (χ4v) is 4.58. The van der Waals surface area contributed by atoms with Crippen molar-refractivity contribution >= 4 is 48.7 Å². The van der Waals surface area contributed by atoms with Gasteiger partial charge in [0.05, 0.1) is 16.6 Å². The molecule has 0 amide bonds. The molecule has 0 saturated carbocycles. The highest BCUT2D eigenvalue weighted by molar-refractivity contribution is 9.11. The number of benzene rings is 2. The van der Waals surface area contributed by atoms with Crippen LogP contribution in [0.25, 0.3) is 10.9 Å². The van der Waals surface area contributed by atoms with E-state index in [4.69, 9.17) is 4.74 Å². The summed E-state index contributed by atoms with van der Waals surface area (Å²) >= 11 is 6.90. The summed E-state index contributed by atoms with van der Waals surface area (Å²) in [4.78, 5) is 12.8. The van der Waals surface area contributed by atoms with Gasteiger partial charge in [0.2, 0.25) is 0 Å². The first-order valence-electron chi connectivity index (χ1n) is 7.75. The number of ether oxygens (including phenoxy) is 1. The van der Waals surface area contributed by atoms with Gasteiger partial charge >= 0.3 is 0 Å². The van der Waals surface area contributed by atoms with Crippen LogP contribution in [0.1, 0.15) is 21.6 Å². The number of carbonyl (C=O) groups is 1. The summed E-state index contributed by atoms with van der Waals surface area (Å²) in [5.41, 5.74) is 3.22. The third kappa shape index (κ3) is 3.38. The average Bonchev–Trinajstić information content (AvgIpc) is 2.84. The molecule has 1 N–H and O–H groups in total. The van der Waals surface area contributed by atoms with Gasteiger partial charge in [0.25, 0.3) is 5.91 Å². The molecule has 6 heteroatoms. The first-order chi connectivity index (χ1) is 11.9. The molecule has 0 aliphatic heterocycles. The van der Waals surface area contributed by atoms with Crippen LogP contribution in [0.5, 0.6) is 5.75 Å². The van der Waals surface area contributed by atoms with Crippen molar-refractivity contribution in [2.45, 2.75) is 20.5 Å². The lowest BCUT2D eigenvalue weighted by molar-refractivity contribution is 0.0839. The molecule has 3 rings (SSSR count). The maximum absolute atomic E-state index is 12.8. The van der Waals surface area contributed by atoms with Crippen LogP contribution in [-0.4, -0.2) is 22.2 Å². The summed E-state index contributed by atoms with van der Waals surface area (Å²) in [5.74, 6) is 0.468. The molecule has 0 fully saturated rings. The molecule has 1 aromatic heterocycles. The number of fused-ring (bicyclic) bond motifs is 1. The summed E-state index contributed by atoms with van der Waals surface area (Å²) in [6, 6.07) is 11.4. The van der Waals surface area contributed by atoms with Crippen molar-refractivity contribution in [2.75, 3.05) is 6.61 Å². The van der Waals surface area contributed by atoms with Crippen LogP contribution in [0.2, 0.25) is 0 Å². The lowest BCUT2D eigenvalue weighted by Crippen LogP contribution is -2.20. The molecule has 0 aliphatic rings. The number of hydrogen-bond donors (Lipinski definition) is 1. The average molecular weight is 467 g/mol. The normalized spacial score (nSPS) is 11.1. The lowest BCUT2D eigenvalue weighted by atomic mass is 10.1. The second-order valence-corrected chi connectivity index (χ2v) is 7.56. The van der Waals surface area contributed by atoms with Crippen LogP contribution in [0.3, 0.4) is 0 Å². The third-order valence-electron chi connectivity index (χ3n) is 4.18. The molecule has 4 nitrogen and oxygen atoms in total. The Balaban J connectivity index is 1.93. The van der Waals surface area contributed by atoms with Crippen molar-refractivity contribution < 1.29 is 14.6 Å². The molecule has 0 saturated heterocycles. The number of halogens is 2. The number of aliphatic hydroxyl groups excluding tert-OH is 1. The summed E-state index contributed by atoms with van der Waals surface area (Å²) in [6.07, 6.45) is 0. The SMILES string of the molecule is Cc1cc(Br)cc(Br)c1OCC(=O)n1c(C)c(CO)c2ccccc21. The van der Waals surface area contributed by atoms with Crippen LogP contribution in [0.15, 0.2) is 45.3 Å². The molecular formula is C19H17Br2NO3. The predicted octanol–water partition coefficient (Wildman–Crippen LogP) is 4.99. The molecule has 1 heterocycles. The van der Waals surface area contributed by atoms with E-state index in [2.05, 4.69) is 31.9 Å². The zero-order valence-electron chi connectivity index (χ0n) is 13.8. The Bertz CT molecular complexity index is 940. The van der Waals surface area contributed by atoms with Crippen LogP contribution in [-0.2, 0) is 6.61 Å². The van der Waals surface area contributed by atoms with Gasteiger partial charge in [0.15, 0.2) is 6.61 Å². The molecule has 0 bridgehead atoms. The number of aromatic nitrogens is 1. The molecule has 25 heavy (non-hydrogen) atoms. The second kappa shape index (κ2) is 7.32. The van der Waals surface area contributed by atoms with Crippen molar-refractivity contribution in [1.29, 1.82) is 0 Å². The maximum atomic E-state index is 12.8. The standard InChI is InChI=1S/C19H17Br2NO3/c1-11-7-13(20)8-16(21)19(11)25-10-18(24)22-12(2)15(9-23)14-5-3-4-6-17(14)22/h3-8,23H,9-10H2,1-2H3. The smallest absolute Gasteiger partial charge is 0.269 e. The van der Waals surface area contributed by atoms with E-state index >= 15 is 0 Å².